The predicted octanol–water partition coefficient (Wildman–Crippen LogP) is 2.12. The summed E-state index contributed by atoms with van der Waals surface area (Å²) < 4.78 is 1.59. The molecule has 3 rings (SSSR count). The van der Waals surface area contributed by atoms with Crippen molar-refractivity contribution >= 4 is 17.2 Å². The molecule has 2 aromatic heterocycles. The number of carbonyl (C=O) groups excluding carboxylic acids is 1. The normalized spacial score (nSPS) is 14.0. The van der Waals surface area contributed by atoms with Crippen molar-refractivity contribution in [3.63, 3.8) is 0 Å². The number of aryl methyl sites for hydroxylation is 4. The summed E-state index contributed by atoms with van der Waals surface area (Å²) in [6.07, 6.45) is 8.42. The third kappa shape index (κ3) is 3.32. The lowest BCUT2D eigenvalue weighted by Gasteiger charge is -2.06. The van der Waals surface area contributed by atoms with Gasteiger partial charge in [-0.3, -0.25) is 9.48 Å². The van der Waals surface area contributed by atoms with Gasteiger partial charge in [-0.2, -0.15) is 5.10 Å². The van der Waals surface area contributed by atoms with Gasteiger partial charge in [0.05, 0.1) is 10.7 Å². The first kappa shape index (κ1) is 14.3. The molecule has 1 amide bonds. The second-order valence-electron chi connectivity index (χ2n) is 5.38. The van der Waals surface area contributed by atoms with E-state index in [1.807, 2.05) is 11.3 Å². The van der Waals surface area contributed by atoms with E-state index in [0.29, 0.717) is 12.2 Å². The quantitative estimate of drug-likeness (QED) is 0.861. The fraction of sp³-hybridized carbons (Fsp3) is 0.533. The molecule has 21 heavy (non-hydrogen) atoms. The number of rotatable bonds is 5. The number of thiazole rings is 1. The van der Waals surface area contributed by atoms with E-state index in [1.54, 1.807) is 24.0 Å². The Morgan fingerprint density at radius 2 is 2.29 bits per heavy atom. The molecule has 0 bridgehead atoms. The Labute approximate surface area is 128 Å². The van der Waals surface area contributed by atoms with E-state index in [0.717, 1.165) is 19.3 Å². The second-order valence-corrected chi connectivity index (χ2v) is 6.55. The Bertz CT molecular complexity index is 608. The van der Waals surface area contributed by atoms with Gasteiger partial charge in [-0.25, -0.2) is 4.98 Å². The van der Waals surface area contributed by atoms with Crippen LogP contribution in [0.15, 0.2) is 12.3 Å². The van der Waals surface area contributed by atoms with Crippen LogP contribution in [0.4, 0.5) is 0 Å². The number of amides is 1. The molecule has 0 saturated heterocycles. The van der Waals surface area contributed by atoms with Gasteiger partial charge in [0, 0.05) is 31.1 Å². The minimum atomic E-state index is -0.0616. The number of aromatic nitrogens is 3. The molecule has 0 radical (unpaired) electrons. The fourth-order valence-corrected chi connectivity index (χ4v) is 3.84. The second kappa shape index (κ2) is 6.39. The van der Waals surface area contributed by atoms with E-state index in [2.05, 4.69) is 10.4 Å². The van der Waals surface area contributed by atoms with Gasteiger partial charge in [0.15, 0.2) is 0 Å². The third-order valence-corrected chi connectivity index (χ3v) is 5.01. The molecule has 1 N–H and O–H groups in total. The van der Waals surface area contributed by atoms with E-state index in [1.165, 1.54) is 34.8 Å². The molecule has 0 unspecified atom stereocenters. The van der Waals surface area contributed by atoms with Gasteiger partial charge < -0.3 is 5.32 Å². The molecular weight excluding hydrogens is 284 g/mol. The van der Waals surface area contributed by atoms with E-state index in [-0.39, 0.29) is 5.91 Å². The molecule has 0 spiro atoms. The summed E-state index contributed by atoms with van der Waals surface area (Å²) in [5.74, 6) is -0.0616. The average molecular weight is 304 g/mol. The SMILES string of the molecule is Cn1nccc1C(=O)NCCCc1nc2c(s1)CCCC2. The van der Waals surface area contributed by atoms with Crippen molar-refractivity contribution in [2.45, 2.75) is 38.5 Å². The van der Waals surface area contributed by atoms with E-state index < -0.39 is 0 Å². The van der Waals surface area contributed by atoms with Crippen molar-refractivity contribution in [3.05, 3.63) is 33.5 Å². The van der Waals surface area contributed by atoms with Crippen LogP contribution >= 0.6 is 11.3 Å². The van der Waals surface area contributed by atoms with Gasteiger partial charge >= 0.3 is 0 Å². The number of nitrogens with one attached hydrogen (secondary N) is 1. The topological polar surface area (TPSA) is 59.8 Å². The summed E-state index contributed by atoms with van der Waals surface area (Å²) in [4.78, 5) is 18.1. The summed E-state index contributed by atoms with van der Waals surface area (Å²) in [5, 5.41) is 8.15. The van der Waals surface area contributed by atoms with E-state index in [9.17, 15) is 4.79 Å². The molecule has 0 saturated carbocycles. The lowest BCUT2D eigenvalue weighted by molar-refractivity contribution is 0.0944. The highest BCUT2D eigenvalue weighted by atomic mass is 32.1. The van der Waals surface area contributed by atoms with Gasteiger partial charge in [0.2, 0.25) is 0 Å². The van der Waals surface area contributed by atoms with Crippen molar-refractivity contribution in [1.82, 2.24) is 20.1 Å². The van der Waals surface area contributed by atoms with Crippen LogP contribution in [0.2, 0.25) is 0 Å². The molecular formula is C15H20N4OS. The van der Waals surface area contributed by atoms with Crippen molar-refractivity contribution in [3.8, 4) is 0 Å². The lowest BCUT2D eigenvalue weighted by atomic mass is 10.0. The summed E-state index contributed by atoms with van der Waals surface area (Å²) in [7, 11) is 1.77. The maximum Gasteiger partial charge on any atom is 0.269 e. The van der Waals surface area contributed by atoms with Crippen LogP contribution in [0.3, 0.4) is 0 Å². The lowest BCUT2D eigenvalue weighted by Crippen LogP contribution is -2.26. The smallest absolute Gasteiger partial charge is 0.269 e. The van der Waals surface area contributed by atoms with Crippen LogP contribution in [0.5, 0.6) is 0 Å². The minimum Gasteiger partial charge on any atom is -0.351 e. The number of hydrogen-bond donors (Lipinski definition) is 1. The highest BCUT2D eigenvalue weighted by Crippen LogP contribution is 2.27. The molecule has 2 aromatic rings. The Kier molecular flexibility index (Phi) is 4.34. The monoisotopic (exact) mass is 304 g/mol. The molecule has 0 fully saturated rings. The van der Waals surface area contributed by atoms with Crippen molar-refractivity contribution < 1.29 is 4.79 Å². The molecule has 1 aliphatic rings. The highest BCUT2D eigenvalue weighted by Gasteiger charge is 2.15. The summed E-state index contributed by atoms with van der Waals surface area (Å²) in [6.45, 7) is 0.675. The van der Waals surface area contributed by atoms with Gasteiger partial charge in [-0.15, -0.1) is 11.3 Å². The average Bonchev–Trinajstić information content (AvgIpc) is 3.08. The standard InChI is InChI=1S/C15H20N4OS/c1-19-12(8-10-17-19)15(20)16-9-4-7-14-18-11-5-2-3-6-13(11)21-14/h8,10H,2-7,9H2,1H3,(H,16,20). The van der Waals surface area contributed by atoms with Crippen molar-refractivity contribution in [2.75, 3.05) is 6.54 Å². The molecule has 1 aliphatic carbocycles. The highest BCUT2D eigenvalue weighted by molar-refractivity contribution is 7.11. The Balaban J connectivity index is 1.45. The Morgan fingerprint density at radius 1 is 1.43 bits per heavy atom. The molecule has 0 atom stereocenters. The van der Waals surface area contributed by atoms with Gasteiger partial charge in [0.25, 0.3) is 5.91 Å². The first-order valence-corrected chi connectivity index (χ1v) is 8.29. The fourth-order valence-electron chi connectivity index (χ4n) is 2.64. The van der Waals surface area contributed by atoms with Crippen LogP contribution in [0, 0.1) is 0 Å². The zero-order valence-electron chi connectivity index (χ0n) is 12.3. The first-order chi connectivity index (χ1) is 10.2. The molecule has 6 heteroatoms. The third-order valence-electron chi connectivity index (χ3n) is 3.80. The van der Waals surface area contributed by atoms with Gasteiger partial charge in [-0.05, 0) is 38.2 Å². The minimum absolute atomic E-state index is 0.0616. The number of nitrogens with zero attached hydrogens (tertiary/aromatic N) is 3. The summed E-state index contributed by atoms with van der Waals surface area (Å²) >= 11 is 1.86. The maximum atomic E-state index is 11.9. The first-order valence-electron chi connectivity index (χ1n) is 7.47. The van der Waals surface area contributed by atoms with Gasteiger partial charge in [0.1, 0.15) is 5.69 Å². The molecule has 0 aromatic carbocycles. The predicted molar refractivity (Wildman–Crippen MR) is 82.6 cm³/mol. The van der Waals surface area contributed by atoms with Gasteiger partial charge in [-0.1, -0.05) is 0 Å². The van der Waals surface area contributed by atoms with E-state index in [4.69, 9.17) is 4.98 Å². The molecule has 2 heterocycles. The number of hydrogen-bond acceptors (Lipinski definition) is 4. The van der Waals surface area contributed by atoms with Crippen LogP contribution in [-0.4, -0.2) is 27.2 Å². The van der Waals surface area contributed by atoms with Crippen LogP contribution < -0.4 is 5.32 Å². The van der Waals surface area contributed by atoms with Crippen LogP contribution in [0.25, 0.3) is 0 Å². The maximum absolute atomic E-state index is 11.9. The van der Waals surface area contributed by atoms with Crippen molar-refractivity contribution in [2.24, 2.45) is 7.05 Å². The van der Waals surface area contributed by atoms with Crippen LogP contribution in [-0.2, 0) is 26.3 Å². The zero-order chi connectivity index (χ0) is 14.7. The number of fused-ring (bicyclic) bond motifs is 1. The van der Waals surface area contributed by atoms with Crippen LogP contribution in [0.1, 0.15) is 45.3 Å². The molecule has 112 valence electrons. The summed E-state index contributed by atoms with van der Waals surface area (Å²) in [6, 6.07) is 1.73. The molecule has 5 nitrogen and oxygen atoms in total. The van der Waals surface area contributed by atoms with E-state index >= 15 is 0 Å². The Morgan fingerprint density at radius 3 is 3.05 bits per heavy atom. The zero-order valence-corrected chi connectivity index (χ0v) is 13.1. The largest absolute Gasteiger partial charge is 0.351 e. The number of carbonyl (C=O) groups is 1. The van der Waals surface area contributed by atoms with Crippen molar-refractivity contribution in [1.29, 1.82) is 0 Å². The Hall–Kier alpha value is -1.69. The summed E-state index contributed by atoms with van der Waals surface area (Å²) in [5.41, 5.74) is 1.92. The molecule has 0 aliphatic heterocycles.